The van der Waals surface area contributed by atoms with Gasteiger partial charge in [0.25, 0.3) is 5.91 Å². The molecular formula is C12H12Br2N4O2. The topological polar surface area (TPSA) is 93.0 Å². The van der Waals surface area contributed by atoms with Crippen LogP contribution in [0.15, 0.2) is 27.1 Å². The van der Waals surface area contributed by atoms with Gasteiger partial charge in [-0.2, -0.15) is 5.10 Å². The van der Waals surface area contributed by atoms with Crippen molar-refractivity contribution in [3.8, 4) is 5.75 Å². The second kappa shape index (κ2) is 6.38. The molecule has 2 rings (SSSR count). The van der Waals surface area contributed by atoms with Crippen LogP contribution in [-0.4, -0.2) is 16.1 Å². The summed E-state index contributed by atoms with van der Waals surface area (Å²) in [6.45, 7) is 1.91. The molecule has 0 saturated carbocycles. The van der Waals surface area contributed by atoms with Gasteiger partial charge in [-0.05, 0) is 41.1 Å². The summed E-state index contributed by atoms with van der Waals surface area (Å²) in [6, 6.07) is 5.55. The van der Waals surface area contributed by atoms with Crippen LogP contribution in [0.25, 0.3) is 0 Å². The number of H-pyrrole nitrogens is 1. The first-order chi connectivity index (χ1) is 9.52. The molecule has 0 unspecified atom stereocenters. The van der Waals surface area contributed by atoms with Crippen LogP contribution in [-0.2, 0) is 6.61 Å². The van der Waals surface area contributed by atoms with Gasteiger partial charge in [-0.25, -0.2) is 5.84 Å². The van der Waals surface area contributed by atoms with Gasteiger partial charge in [0.15, 0.2) is 0 Å². The number of benzene rings is 1. The summed E-state index contributed by atoms with van der Waals surface area (Å²) >= 11 is 6.77. The van der Waals surface area contributed by atoms with Gasteiger partial charge in [-0.1, -0.05) is 15.9 Å². The number of rotatable bonds is 4. The monoisotopic (exact) mass is 402 g/mol. The normalized spacial score (nSPS) is 10.4. The summed E-state index contributed by atoms with van der Waals surface area (Å²) in [6.07, 6.45) is 0. The van der Waals surface area contributed by atoms with Crippen molar-refractivity contribution in [3.63, 3.8) is 0 Å². The molecular weight excluding hydrogens is 392 g/mol. The SMILES string of the molecule is Cc1[nH]nc(COc2ccc(Br)cc2Br)c1C(=O)NN. The molecule has 0 saturated heterocycles. The fourth-order valence-electron chi connectivity index (χ4n) is 1.70. The third kappa shape index (κ3) is 3.20. The van der Waals surface area contributed by atoms with Gasteiger partial charge in [-0.3, -0.25) is 15.3 Å². The Bertz CT molecular complexity index is 642. The van der Waals surface area contributed by atoms with Crippen LogP contribution in [0.2, 0.25) is 0 Å². The standard InChI is InChI=1S/C12H12Br2N4O2/c1-6-11(12(19)16-15)9(18-17-6)5-20-10-3-2-7(13)4-8(10)14/h2-4H,5,15H2,1H3,(H,16,19)(H,17,18). The number of carbonyl (C=O) groups excluding carboxylic acids is 1. The van der Waals surface area contributed by atoms with E-state index >= 15 is 0 Å². The van der Waals surface area contributed by atoms with Crippen molar-refractivity contribution in [2.75, 3.05) is 0 Å². The molecule has 106 valence electrons. The van der Waals surface area contributed by atoms with Crippen molar-refractivity contribution in [1.29, 1.82) is 0 Å². The number of hydrogen-bond acceptors (Lipinski definition) is 4. The lowest BCUT2D eigenvalue weighted by Crippen LogP contribution is -2.31. The van der Waals surface area contributed by atoms with Crippen molar-refractivity contribution in [2.45, 2.75) is 13.5 Å². The Morgan fingerprint density at radius 1 is 1.50 bits per heavy atom. The lowest BCUT2D eigenvalue weighted by molar-refractivity contribution is 0.0950. The van der Waals surface area contributed by atoms with Crippen LogP contribution < -0.4 is 16.0 Å². The minimum atomic E-state index is -0.398. The molecule has 0 fully saturated rings. The number of aromatic nitrogens is 2. The van der Waals surface area contributed by atoms with Crippen molar-refractivity contribution < 1.29 is 9.53 Å². The molecule has 8 heteroatoms. The lowest BCUT2D eigenvalue weighted by atomic mass is 10.2. The van der Waals surface area contributed by atoms with Crippen molar-refractivity contribution in [2.24, 2.45) is 5.84 Å². The third-order valence-electron chi connectivity index (χ3n) is 2.64. The quantitative estimate of drug-likeness (QED) is 0.415. The maximum Gasteiger partial charge on any atom is 0.269 e. The van der Waals surface area contributed by atoms with E-state index in [1.165, 1.54) is 0 Å². The maximum atomic E-state index is 11.7. The average Bonchev–Trinajstić information content (AvgIpc) is 2.78. The zero-order valence-electron chi connectivity index (χ0n) is 10.5. The molecule has 0 aliphatic heterocycles. The predicted octanol–water partition coefficient (Wildman–Crippen LogP) is 2.43. The highest BCUT2D eigenvalue weighted by Crippen LogP contribution is 2.29. The van der Waals surface area contributed by atoms with E-state index in [1.807, 2.05) is 18.2 Å². The fourth-order valence-corrected chi connectivity index (χ4v) is 2.86. The number of nitrogens with zero attached hydrogens (tertiary/aromatic N) is 1. The number of hydrogen-bond donors (Lipinski definition) is 3. The van der Waals surface area contributed by atoms with Gasteiger partial charge >= 0.3 is 0 Å². The van der Waals surface area contributed by atoms with Crippen LogP contribution in [0.3, 0.4) is 0 Å². The second-order valence-corrected chi connectivity index (χ2v) is 5.78. The summed E-state index contributed by atoms with van der Waals surface area (Å²) in [5.41, 5.74) is 3.64. The van der Waals surface area contributed by atoms with Gasteiger partial charge in [-0.15, -0.1) is 0 Å². The van der Waals surface area contributed by atoms with Gasteiger partial charge in [0.2, 0.25) is 0 Å². The molecule has 1 aromatic heterocycles. The van der Waals surface area contributed by atoms with E-state index in [9.17, 15) is 4.79 Å². The molecule has 6 nitrogen and oxygen atoms in total. The summed E-state index contributed by atoms with van der Waals surface area (Å²) in [5, 5.41) is 6.80. The number of nitrogens with one attached hydrogen (secondary N) is 2. The lowest BCUT2D eigenvalue weighted by Gasteiger charge is -2.08. The molecule has 0 aliphatic rings. The van der Waals surface area contributed by atoms with Crippen molar-refractivity contribution >= 4 is 37.8 Å². The Kier molecular flexibility index (Phi) is 4.79. The van der Waals surface area contributed by atoms with Gasteiger partial charge in [0.05, 0.1) is 10.0 Å². The Labute approximate surface area is 132 Å². The van der Waals surface area contributed by atoms with Crippen LogP contribution in [0.1, 0.15) is 21.7 Å². The molecule has 20 heavy (non-hydrogen) atoms. The Hall–Kier alpha value is -1.38. The van der Waals surface area contributed by atoms with Crippen LogP contribution >= 0.6 is 31.9 Å². The molecule has 0 atom stereocenters. The average molecular weight is 404 g/mol. The molecule has 4 N–H and O–H groups in total. The fraction of sp³-hybridized carbons (Fsp3) is 0.167. The van der Waals surface area contributed by atoms with E-state index in [0.29, 0.717) is 22.7 Å². The largest absolute Gasteiger partial charge is 0.486 e. The van der Waals surface area contributed by atoms with Crippen molar-refractivity contribution in [1.82, 2.24) is 15.6 Å². The van der Waals surface area contributed by atoms with Gasteiger partial charge in [0, 0.05) is 10.2 Å². The first-order valence-corrected chi connectivity index (χ1v) is 7.24. The number of nitrogen functional groups attached to an aromatic ring is 1. The summed E-state index contributed by atoms with van der Waals surface area (Å²) in [7, 11) is 0. The molecule has 0 bridgehead atoms. The number of nitrogens with two attached hydrogens (primary N) is 1. The Morgan fingerprint density at radius 2 is 2.25 bits per heavy atom. The zero-order chi connectivity index (χ0) is 14.7. The highest BCUT2D eigenvalue weighted by atomic mass is 79.9. The minimum absolute atomic E-state index is 0.160. The number of carbonyl (C=O) groups is 1. The van der Waals surface area contributed by atoms with Crippen LogP contribution in [0.5, 0.6) is 5.75 Å². The predicted molar refractivity (Wildman–Crippen MR) is 81.2 cm³/mol. The van der Waals surface area contributed by atoms with E-state index in [-0.39, 0.29) is 6.61 Å². The number of hydrazine groups is 1. The molecule has 1 amide bonds. The molecule has 0 aliphatic carbocycles. The number of ether oxygens (including phenoxy) is 1. The highest BCUT2D eigenvalue weighted by molar-refractivity contribution is 9.11. The number of amides is 1. The summed E-state index contributed by atoms with van der Waals surface area (Å²) in [4.78, 5) is 11.7. The number of halogens is 2. The molecule has 1 aromatic carbocycles. The highest BCUT2D eigenvalue weighted by Gasteiger charge is 2.17. The Balaban J connectivity index is 2.17. The smallest absolute Gasteiger partial charge is 0.269 e. The van der Waals surface area contributed by atoms with Gasteiger partial charge < -0.3 is 4.74 Å². The first kappa shape index (κ1) is 15.0. The summed E-state index contributed by atoms with van der Waals surface area (Å²) < 4.78 is 7.41. The van der Waals surface area contributed by atoms with E-state index in [2.05, 4.69) is 47.5 Å². The maximum absolute atomic E-state index is 11.7. The molecule has 1 heterocycles. The number of aryl methyl sites for hydroxylation is 1. The first-order valence-electron chi connectivity index (χ1n) is 5.65. The summed E-state index contributed by atoms with van der Waals surface area (Å²) in [5.74, 6) is 5.42. The molecule has 0 radical (unpaired) electrons. The van der Waals surface area contributed by atoms with Gasteiger partial charge in [0.1, 0.15) is 18.1 Å². The van der Waals surface area contributed by atoms with Crippen LogP contribution in [0, 0.1) is 6.92 Å². The van der Waals surface area contributed by atoms with E-state index < -0.39 is 5.91 Å². The van der Waals surface area contributed by atoms with Crippen LogP contribution in [0.4, 0.5) is 0 Å². The van der Waals surface area contributed by atoms with E-state index in [4.69, 9.17) is 10.6 Å². The molecule has 2 aromatic rings. The third-order valence-corrected chi connectivity index (χ3v) is 3.75. The Morgan fingerprint density at radius 3 is 2.90 bits per heavy atom. The minimum Gasteiger partial charge on any atom is -0.486 e. The van der Waals surface area contributed by atoms with Crippen molar-refractivity contribution in [3.05, 3.63) is 44.1 Å². The van der Waals surface area contributed by atoms with E-state index in [0.717, 1.165) is 8.95 Å². The molecule has 0 spiro atoms. The second-order valence-electron chi connectivity index (χ2n) is 4.01. The number of aromatic amines is 1. The van der Waals surface area contributed by atoms with E-state index in [1.54, 1.807) is 6.92 Å². The zero-order valence-corrected chi connectivity index (χ0v) is 13.7.